The second-order valence-electron chi connectivity index (χ2n) is 12.8. The Balaban J connectivity index is 0.00000282. The predicted molar refractivity (Wildman–Crippen MR) is 206 cm³/mol. The number of aryl methyl sites for hydroxylation is 3. The van der Waals surface area contributed by atoms with Crippen molar-refractivity contribution in [1.29, 1.82) is 0 Å². The molecule has 1 fully saturated rings. The lowest BCUT2D eigenvalue weighted by atomic mass is 9.70. The molecule has 2 aromatic rings. The van der Waals surface area contributed by atoms with Crippen LogP contribution in [0, 0.1) is 18.8 Å². The number of hydrogen-bond donors (Lipinski definition) is 2. The molecule has 0 aliphatic heterocycles. The average molecular weight is 643 g/mol. The molecule has 2 aromatic carbocycles. The Morgan fingerprint density at radius 3 is 2.48 bits per heavy atom. The minimum absolute atomic E-state index is 0.334. The number of nitrogens with zero attached hydrogens (tertiary/aromatic N) is 1. The molecule has 252 valence electrons. The third-order valence-corrected chi connectivity index (χ3v) is 10.5. The van der Waals surface area contributed by atoms with E-state index in [0.717, 1.165) is 75.7 Å². The number of anilines is 1. The van der Waals surface area contributed by atoms with E-state index in [1.165, 1.54) is 39.9 Å². The molecule has 2 N–H and O–H groups in total. The zero-order valence-electron chi connectivity index (χ0n) is 29.9. The van der Waals surface area contributed by atoms with E-state index in [4.69, 9.17) is 0 Å². The molecule has 1 saturated carbocycles. The number of aliphatic hydroxyl groups is 1. The maximum atomic E-state index is 11.0. The van der Waals surface area contributed by atoms with Crippen molar-refractivity contribution >= 4 is 23.3 Å². The summed E-state index contributed by atoms with van der Waals surface area (Å²) >= 11 is 1.74. The lowest BCUT2D eigenvalue weighted by molar-refractivity contribution is 0.0462. The predicted octanol–water partition coefficient (Wildman–Crippen LogP) is 10.8. The van der Waals surface area contributed by atoms with E-state index in [2.05, 4.69) is 112 Å². The highest BCUT2D eigenvalue weighted by atomic mass is 32.2. The van der Waals surface area contributed by atoms with Crippen LogP contribution in [0.5, 0.6) is 0 Å². The fraction of sp³-hybridized carbons (Fsp3) is 0.524. The second kappa shape index (κ2) is 19.9. The standard InChI is InChI=1S/C40H56N2OS.C2H6/c1-7-10-17-40(43)38-23-22-37(38)28-42(25-24-34-19-18-29(4)26-36(34)14-8-2)39-27-35(21-20-32(39)9-3)30(5)41-44-31(6)33-15-12-11-13-16-33;1-2/h10,12,15-21,26-27,31,37-38,40-41,43H,5,7-9,11,13-14,22-25,28H2,1-4,6H3;1-2H3/b17-10+;/t31-,37?,38?,40?;/m1./s1. The topological polar surface area (TPSA) is 35.5 Å². The van der Waals surface area contributed by atoms with E-state index in [1.54, 1.807) is 11.9 Å². The second-order valence-corrected chi connectivity index (χ2v) is 13.9. The summed E-state index contributed by atoms with van der Waals surface area (Å²) < 4.78 is 3.58. The first-order chi connectivity index (χ1) is 22.3. The van der Waals surface area contributed by atoms with E-state index >= 15 is 0 Å². The molecule has 0 radical (unpaired) electrons. The minimum atomic E-state index is -0.349. The summed E-state index contributed by atoms with van der Waals surface area (Å²) in [6, 6.07) is 13.9. The van der Waals surface area contributed by atoms with Gasteiger partial charge < -0.3 is 14.7 Å². The molecule has 4 rings (SSSR count). The normalized spacial score (nSPS) is 18.7. The van der Waals surface area contributed by atoms with E-state index < -0.39 is 0 Å². The SMILES string of the molecule is C=C(NS[C@H](C)C1=CCCC=C1)c1ccc(CC)c(N(CCc2ccc(C)cc2CCC)CC2CCC2C(O)/C=C/CC)c1.CC. The molecule has 0 saturated heterocycles. The van der Waals surface area contributed by atoms with Gasteiger partial charge in [-0.2, -0.15) is 0 Å². The van der Waals surface area contributed by atoms with Crippen LogP contribution in [-0.4, -0.2) is 29.5 Å². The molecule has 2 aliphatic rings. The maximum absolute atomic E-state index is 11.0. The highest BCUT2D eigenvalue weighted by molar-refractivity contribution is 7.98. The van der Waals surface area contributed by atoms with Gasteiger partial charge >= 0.3 is 0 Å². The maximum Gasteiger partial charge on any atom is 0.0752 e. The third kappa shape index (κ3) is 10.7. The van der Waals surface area contributed by atoms with Gasteiger partial charge in [-0.3, -0.25) is 0 Å². The molecule has 4 atom stereocenters. The van der Waals surface area contributed by atoms with Crippen LogP contribution in [0.4, 0.5) is 5.69 Å². The van der Waals surface area contributed by atoms with Crippen molar-refractivity contribution in [3.8, 4) is 0 Å². The minimum Gasteiger partial charge on any atom is -0.389 e. The van der Waals surface area contributed by atoms with Crippen LogP contribution in [0.25, 0.3) is 5.70 Å². The van der Waals surface area contributed by atoms with Gasteiger partial charge in [0.1, 0.15) is 0 Å². The van der Waals surface area contributed by atoms with Crippen LogP contribution >= 0.6 is 11.9 Å². The summed E-state index contributed by atoms with van der Waals surface area (Å²) in [5, 5.41) is 11.3. The molecular weight excluding hydrogens is 581 g/mol. The van der Waals surface area contributed by atoms with Gasteiger partial charge in [-0.25, -0.2) is 0 Å². The lowest BCUT2D eigenvalue weighted by Gasteiger charge is -2.43. The van der Waals surface area contributed by atoms with E-state index in [1.807, 2.05) is 19.9 Å². The molecule has 3 nitrogen and oxygen atoms in total. The first-order valence-electron chi connectivity index (χ1n) is 18.1. The van der Waals surface area contributed by atoms with Crippen LogP contribution < -0.4 is 9.62 Å². The van der Waals surface area contributed by atoms with Gasteiger partial charge in [0, 0.05) is 29.7 Å². The lowest BCUT2D eigenvalue weighted by Crippen LogP contribution is -2.43. The molecule has 0 amide bonds. The summed E-state index contributed by atoms with van der Waals surface area (Å²) in [4.78, 5) is 2.63. The fourth-order valence-corrected chi connectivity index (χ4v) is 7.35. The fourth-order valence-electron chi connectivity index (χ4n) is 6.61. The highest BCUT2D eigenvalue weighted by Crippen LogP contribution is 2.39. The average Bonchev–Trinajstić information content (AvgIpc) is 3.07. The Kier molecular flexibility index (Phi) is 16.3. The van der Waals surface area contributed by atoms with E-state index in [0.29, 0.717) is 17.1 Å². The zero-order valence-corrected chi connectivity index (χ0v) is 30.8. The molecule has 0 aromatic heterocycles. The van der Waals surface area contributed by atoms with Crippen molar-refractivity contribution in [2.45, 2.75) is 118 Å². The van der Waals surface area contributed by atoms with Crippen LogP contribution in [0.15, 0.2) is 78.9 Å². The summed E-state index contributed by atoms with van der Waals surface area (Å²) in [5.41, 5.74) is 10.5. The van der Waals surface area contributed by atoms with Crippen LogP contribution in [0.3, 0.4) is 0 Å². The van der Waals surface area contributed by atoms with Crippen molar-refractivity contribution in [2.75, 3.05) is 18.0 Å². The number of hydrogen-bond acceptors (Lipinski definition) is 4. The van der Waals surface area contributed by atoms with Crippen molar-refractivity contribution < 1.29 is 5.11 Å². The van der Waals surface area contributed by atoms with Gasteiger partial charge in [-0.1, -0.05) is 114 Å². The summed E-state index contributed by atoms with van der Waals surface area (Å²) in [6.07, 6.45) is 20.5. The first-order valence-corrected chi connectivity index (χ1v) is 19.0. The number of rotatable bonds is 17. The van der Waals surface area contributed by atoms with Gasteiger partial charge in [-0.15, -0.1) is 0 Å². The zero-order chi connectivity index (χ0) is 33.5. The third-order valence-electron chi connectivity index (χ3n) is 9.48. The van der Waals surface area contributed by atoms with Crippen LogP contribution in [0.2, 0.25) is 0 Å². The van der Waals surface area contributed by atoms with Gasteiger partial charge in [0.25, 0.3) is 0 Å². The van der Waals surface area contributed by atoms with Gasteiger partial charge in [-0.05, 0) is 123 Å². The smallest absolute Gasteiger partial charge is 0.0752 e. The van der Waals surface area contributed by atoms with Crippen molar-refractivity contribution in [1.82, 2.24) is 4.72 Å². The van der Waals surface area contributed by atoms with Crippen LogP contribution in [0.1, 0.15) is 108 Å². The first kappa shape index (κ1) is 37.8. The van der Waals surface area contributed by atoms with Crippen molar-refractivity contribution in [2.24, 2.45) is 11.8 Å². The molecular formula is C42H62N2OS. The highest BCUT2D eigenvalue weighted by Gasteiger charge is 2.36. The quantitative estimate of drug-likeness (QED) is 0.133. The van der Waals surface area contributed by atoms with Crippen molar-refractivity contribution in [3.05, 3.63) is 107 Å². The van der Waals surface area contributed by atoms with Gasteiger partial charge in [0.2, 0.25) is 0 Å². The van der Waals surface area contributed by atoms with Crippen molar-refractivity contribution in [3.63, 3.8) is 0 Å². The Bertz CT molecular complexity index is 1320. The molecule has 0 bridgehead atoms. The number of nitrogens with one attached hydrogen (secondary N) is 1. The molecule has 2 aliphatic carbocycles. The largest absolute Gasteiger partial charge is 0.389 e. The number of benzene rings is 2. The van der Waals surface area contributed by atoms with Gasteiger partial charge in [0.15, 0.2) is 0 Å². The van der Waals surface area contributed by atoms with Crippen LogP contribution in [-0.2, 0) is 19.3 Å². The molecule has 46 heavy (non-hydrogen) atoms. The molecule has 4 heteroatoms. The Morgan fingerprint density at radius 2 is 1.83 bits per heavy atom. The molecule has 3 unspecified atom stereocenters. The molecule has 0 heterocycles. The Hall–Kier alpha value is -2.69. The van der Waals surface area contributed by atoms with E-state index in [9.17, 15) is 5.11 Å². The number of aliphatic hydroxyl groups excluding tert-OH is 1. The number of allylic oxidation sites excluding steroid dienone is 4. The summed E-state index contributed by atoms with van der Waals surface area (Å²) in [6.45, 7) is 21.5. The summed E-state index contributed by atoms with van der Waals surface area (Å²) in [7, 11) is 0. The Labute approximate surface area is 286 Å². The van der Waals surface area contributed by atoms with E-state index in [-0.39, 0.29) is 6.10 Å². The Morgan fingerprint density at radius 1 is 1.04 bits per heavy atom. The van der Waals surface area contributed by atoms with Gasteiger partial charge in [0.05, 0.1) is 6.10 Å². The summed E-state index contributed by atoms with van der Waals surface area (Å²) in [5.74, 6) is 0.823. The monoisotopic (exact) mass is 642 g/mol. The molecule has 0 spiro atoms.